The van der Waals surface area contributed by atoms with Crippen molar-refractivity contribution < 1.29 is 9.47 Å². The van der Waals surface area contributed by atoms with Crippen LogP contribution in [0.15, 0.2) is 29.2 Å². The van der Waals surface area contributed by atoms with Crippen molar-refractivity contribution in [2.45, 2.75) is 32.7 Å². The minimum absolute atomic E-state index is 0.205. The highest BCUT2D eigenvalue weighted by Gasteiger charge is 2.19. The molecule has 8 nitrogen and oxygen atoms in total. The molecule has 0 bridgehead atoms. The molecule has 0 aliphatic heterocycles. The van der Waals surface area contributed by atoms with Crippen LogP contribution in [0, 0.1) is 0 Å². The molecule has 0 saturated heterocycles. The topological polar surface area (TPSA) is 94.1 Å². The molecule has 0 aliphatic rings. The van der Waals surface area contributed by atoms with E-state index in [2.05, 4.69) is 20.4 Å². The van der Waals surface area contributed by atoms with Crippen molar-refractivity contribution in [2.75, 3.05) is 26.1 Å². The largest absolute Gasteiger partial charge is 0.493 e. The summed E-state index contributed by atoms with van der Waals surface area (Å²) < 4.78 is 12.3. The second kappa shape index (κ2) is 7.30. The molecule has 0 amide bonds. The first kappa shape index (κ1) is 18.8. The lowest BCUT2D eigenvalue weighted by Crippen LogP contribution is -2.24. The molecule has 144 valence electrons. The average Bonchev–Trinajstić information content (AvgIpc) is 3.06. The van der Waals surface area contributed by atoms with Crippen molar-refractivity contribution in [1.82, 2.24) is 19.7 Å². The van der Waals surface area contributed by atoms with Gasteiger partial charge >= 0.3 is 0 Å². The summed E-state index contributed by atoms with van der Waals surface area (Å²) >= 11 is 0. The van der Waals surface area contributed by atoms with E-state index in [0.717, 1.165) is 12.0 Å². The number of aromatic amines is 1. The molecular formula is C19H25N5O3. The number of rotatable bonds is 6. The van der Waals surface area contributed by atoms with Gasteiger partial charge in [-0.2, -0.15) is 10.1 Å². The molecule has 0 fully saturated rings. The van der Waals surface area contributed by atoms with Crippen LogP contribution in [0.2, 0.25) is 0 Å². The standard InChI is InChI=1S/C19H25N5O3/c1-19(2,3)24-16-13(11-21-24)17(25)23-18(22-16)20-9-8-12-6-7-14(26-4)15(10-12)27-5/h6-7,10-11H,8-9H2,1-5H3,(H2,20,22,23,25). The van der Waals surface area contributed by atoms with E-state index in [1.54, 1.807) is 25.1 Å². The van der Waals surface area contributed by atoms with Crippen LogP contribution in [-0.2, 0) is 12.0 Å². The van der Waals surface area contributed by atoms with Crippen LogP contribution in [0.3, 0.4) is 0 Å². The van der Waals surface area contributed by atoms with Gasteiger partial charge in [0.05, 0.1) is 26.0 Å². The van der Waals surface area contributed by atoms with Crippen molar-refractivity contribution in [2.24, 2.45) is 0 Å². The average molecular weight is 371 g/mol. The van der Waals surface area contributed by atoms with Crippen molar-refractivity contribution >= 4 is 17.0 Å². The lowest BCUT2D eigenvalue weighted by Gasteiger charge is -2.19. The molecule has 0 spiro atoms. The smallest absolute Gasteiger partial charge is 0.263 e. The maximum absolute atomic E-state index is 12.3. The predicted molar refractivity (Wildman–Crippen MR) is 105 cm³/mol. The van der Waals surface area contributed by atoms with Gasteiger partial charge < -0.3 is 14.8 Å². The van der Waals surface area contributed by atoms with E-state index in [1.807, 2.05) is 39.0 Å². The Kier molecular flexibility index (Phi) is 5.07. The van der Waals surface area contributed by atoms with E-state index in [0.29, 0.717) is 35.0 Å². The number of H-pyrrole nitrogens is 1. The van der Waals surface area contributed by atoms with Gasteiger partial charge in [-0.1, -0.05) is 6.07 Å². The molecule has 3 aromatic rings. The van der Waals surface area contributed by atoms with Crippen LogP contribution < -0.4 is 20.3 Å². The summed E-state index contributed by atoms with van der Waals surface area (Å²) in [5.74, 6) is 1.82. The Balaban J connectivity index is 1.77. The minimum atomic E-state index is -0.264. The number of fused-ring (bicyclic) bond motifs is 1. The normalized spacial score (nSPS) is 11.6. The second-order valence-electron chi connectivity index (χ2n) is 7.25. The van der Waals surface area contributed by atoms with Crippen LogP contribution in [0.5, 0.6) is 11.5 Å². The third kappa shape index (κ3) is 3.89. The Morgan fingerprint density at radius 1 is 1.19 bits per heavy atom. The summed E-state index contributed by atoms with van der Waals surface area (Å²) in [6, 6.07) is 5.80. The summed E-state index contributed by atoms with van der Waals surface area (Å²) in [5.41, 5.74) is 1.19. The van der Waals surface area contributed by atoms with Gasteiger partial charge in [0.25, 0.3) is 5.56 Å². The number of benzene rings is 1. The highest BCUT2D eigenvalue weighted by molar-refractivity contribution is 5.74. The third-order valence-electron chi connectivity index (χ3n) is 4.23. The summed E-state index contributed by atoms with van der Waals surface area (Å²) in [6.07, 6.45) is 2.29. The van der Waals surface area contributed by atoms with Crippen LogP contribution in [0.1, 0.15) is 26.3 Å². The predicted octanol–water partition coefficient (Wildman–Crippen LogP) is 2.55. The van der Waals surface area contributed by atoms with Gasteiger partial charge in [-0.15, -0.1) is 0 Å². The first-order valence-electron chi connectivity index (χ1n) is 8.77. The molecule has 3 rings (SSSR count). The Labute approximate surface area is 157 Å². The molecule has 27 heavy (non-hydrogen) atoms. The molecule has 0 saturated carbocycles. The lowest BCUT2D eigenvalue weighted by molar-refractivity contribution is 0.354. The molecule has 0 aliphatic carbocycles. The van der Waals surface area contributed by atoms with E-state index in [4.69, 9.17) is 9.47 Å². The van der Waals surface area contributed by atoms with E-state index >= 15 is 0 Å². The van der Waals surface area contributed by atoms with Crippen LogP contribution in [0.25, 0.3) is 11.0 Å². The molecule has 0 unspecified atom stereocenters. The monoisotopic (exact) mass is 371 g/mol. The summed E-state index contributed by atoms with van der Waals surface area (Å²) in [6.45, 7) is 6.67. The maximum atomic E-state index is 12.3. The Morgan fingerprint density at radius 3 is 2.59 bits per heavy atom. The van der Waals surface area contributed by atoms with Crippen molar-refractivity contribution in [1.29, 1.82) is 0 Å². The van der Waals surface area contributed by atoms with Crippen LogP contribution >= 0.6 is 0 Å². The fraction of sp³-hybridized carbons (Fsp3) is 0.421. The number of hydrogen-bond acceptors (Lipinski definition) is 6. The molecule has 8 heteroatoms. The van der Waals surface area contributed by atoms with Gasteiger partial charge in [-0.25, -0.2) is 4.68 Å². The zero-order valence-corrected chi connectivity index (χ0v) is 16.3. The number of nitrogens with one attached hydrogen (secondary N) is 2. The third-order valence-corrected chi connectivity index (χ3v) is 4.23. The van der Waals surface area contributed by atoms with Gasteiger partial charge in [0, 0.05) is 6.54 Å². The molecule has 2 N–H and O–H groups in total. The number of ether oxygens (including phenoxy) is 2. The van der Waals surface area contributed by atoms with Crippen LogP contribution in [-0.4, -0.2) is 40.5 Å². The molecular weight excluding hydrogens is 346 g/mol. The molecule has 1 aromatic carbocycles. The van der Waals surface area contributed by atoms with E-state index in [-0.39, 0.29) is 11.1 Å². The molecule has 0 atom stereocenters. The van der Waals surface area contributed by atoms with Crippen molar-refractivity contribution in [3.05, 3.63) is 40.3 Å². The van der Waals surface area contributed by atoms with Crippen molar-refractivity contribution in [3.8, 4) is 11.5 Å². The van der Waals surface area contributed by atoms with E-state index in [9.17, 15) is 4.79 Å². The second-order valence-corrected chi connectivity index (χ2v) is 7.25. The number of methoxy groups -OCH3 is 2. The molecule has 0 radical (unpaired) electrons. The first-order valence-corrected chi connectivity index (χ1v) is 8.77. The molecule has 2 heterocycles. The van der Waals surface area contributed by atoms with Gasteiger partial charge in [0.1, 0.15) is 5.39 Å². The van der Waals surface area contributed by atoms with E-state index in [1.165, 1.54) is 0 Å². The van der Waals surface area contributed by atoms with Crippen LogP contribution in [0.4, 0.5) is 5.95 Å². The maximum Gasteiger partial charge on any atom is 0.263 e. The van der Waals surface area contributed by atoms with Gasteiger partial charge in [0.15, 0.2) is 17.1 Å². The van der Waals surface area contributed by atoms with Gasteiger partial charge in [-0.05, 0) is 44.9 Å². The quantitative estimate of drug-likeness (QED) is 0.692. The summed E-state index contributed by atoms with van der Waals surface area (Å²) in [4.78, 5) is 19.6. The van der Waals surface area contributed by atoms with E-state index < -0.39 is 0 Å². The number of anilines is 1. The Morgan fingerprint density at radius 2 is 1.93 bits per heavy atom. The molecule has 2 aromatic heterocycles. The fourth-order valence-electron chi connectivity index (χ4n) is 2.85. The number of nitrogens with zero attached hydrogens (tertiary/aromatic N) is 3. The Hall–Kier alpha value is -3.03. The summed E-state index contributed by atoms with van der Waals surface area (Å²) in [7, 11) is 3.22. The Bertz CT molecular complexity index is 1000. The number of hydrogen-bond donors (Lipinski definition) is 2. The zero-order chi connectivity index (χ0) is 19.6. The fourth-order valence-corrected chi connectivity index (χ4v) is 2.85. The van der Waals surface area contributed by atoms with Gasteiger partial charge in [-0.3, -0.25) is 9.78 Å². The highest BCUT2D eigenvalue weighted by atomic mass is 16.5. The van der Waals surface area contributed by atoms with Gasteiger partial charge in [0.2, 0.25) is 5.95 Å². The number of aromatic nitrogens is 4. The lowest BCUT2D eigenvalue weighted by atomic mass is 10.1. The van der Waals surface area contributed by atoms with Crippen molar-refractivity contribution in [3.63, 3.8) is 0 Å². The summed E-state index contributed by atoms with van der Waals surface area (Å²) in [5, 5.41) is 7.98. The SMILES string of the molecule is COc1ccc(CCNc2nc3c(cnn3C(C)(C)C)c(=O)[nH]2)cc1OC. The first-order chi connectivity index (χ1) is 12.8. The minimum Gasteiger partial charge on any atom is -0.493 e. The highest BCUT2D eigenvalue weighted by Crippen LogP contribution is 2.27. The zero-order valence-electron chi connectivity index (χ0n) is 16.3.